The van der Waals surface area contributed by atoms with E-state index in [-0.39, 0.29) is 5.41 Å². The molecule has 0 aromatic heterocycles. The Morgan fingerprint density at radius 3 is 2.67 bits per heavy atom. The molecular weight excluding hydrogens is 230 g/mol. The number of aliphatic carboxylic acids is 1. The van der Waals surface area contributed by atoms with Crippen molar-refractivity contribution in [3.63, 3.8) is 0 Å². The molecule has 1 rings (SSSR count). The molecule has 0 bridgehead atoms. The van der Waals surface area contributed by atoms with Gasteiger partial charge in [-0.05, 0) is 41.1 Å². The van der Waals surface area contributed by atoms with E-state index in [0.29, 0.717) is 12.1 Å². The summed E-state index contributed by atoms with van der Waals surface area (Å²) < 4.78 is 0. The van der Waals surface area contributed by atoms with E-state index in [2.05, 4.69) is 5.18 Å². The van der Waals surface area contributed by atoms with Crippen LogP contribution in [0.25, 0.3) is 0 Å². The van der Waals surface area contributed by atoms with E-state index in [1.165, 1.54) is 0 Å². The molecule has 4 heteroatoms. The van der Waals surface area contributed by atoms with Crippen LogP contribution >= 0.6 is 0 Å². The first-order valence-corrected chi connectivity index (χ1v) is 5.70. The van der Waals surface area contributed by atoms with Crippen molar-refractivity contribution in [2.75, 3.05) is 0 Å². The Balaban J connectivity index is 2.97. The number of rotatable bonds is 5. The van der Waals surface area contributed by atoms with E-state index in [1.807, 2.05) is 26.8 Å². The molecular formula is C14H17NO3. The highest BCUT2D eigenvalue weighted by molar-refractivity contribution is 5.79. The van der Waals surface area contributed by atoms with Crippen molar-refractivity contribution in [3.05, 3.63) is 46.4 Å². The second-order valence-corrected chi connectivity index (χ2v) is 4.99. The van der Waals surface area contributed by atoms with E-state index in [0.717, 1.165) is 17.2 Å². The summed E-state index contributed by atoms with van der Waals surface area (Å²) in [5, 5.41) is 11.6. The molecule has 0 aliphatic rings. The first kappa shape index (κ1) is 14.1. The first-order chi connectivity index (χ1) is 8.35. The summed E-state index contributed by atoms with van der Waals surface area (Å²) in [6.07, 6.45) is 3.47. The number of carboxylic acid groups (broad SMARTS) is 1. The molecule has 0 aliphatic carbocycles. The fourth-order valence-electron chi connectivity index (χ4n) is 1.81. The van der Waals surface area contributed by atoms with E-state index in [1.54, 1.807) is 18.2 Å². The van der Waals surface area contributed by atoms with Crippen LogP contribution in [0.4, 0.5) is 5.69 Å². The third kappa shape index (κ3) is 3.80. The normalized spacial score (nSPS) is 11.7. The highest BCUT2D eigenvalue weighted by Gasteiger charge is 2.17. The molecule has 0 unspecified atom stereocenters. The van der Waals surface area contributed by atoms with Crippen LogP contribution in [-0.4, -0.2) is 11.1 Å². The van der Waals surface area contributed by atoms with Crippen LogP contribution in [0.1, 0.15) is 25.0 Å². The minimum atomic E-state index is -0.955. The van der Waals surface area contributed by atoms with Crippen LogP contribution in [-0.2, 0) is 11.2 Å². The standard InChI is InChI=1S/C14H17NO3/c1-10-11(5-4-6-12(10)15-18)9-14(2,3)8-7-13(16)17/h4-8H,9H2,1-3H3,(H,16,17)/b8-7+. The van der Waals surface area contributed by atoms with Gasteiger partial charge in [0.25, 0.3) is 0 Å². The lowest BCUT2D eigenvalue weighted by Gasteiger charge is -2.21. The average molecular weight is 247 g/mol. The van der Waals surface area contributed by atoms with Crippen LogP contribution in [0.2, 0.25) is 0 Å². The second-order valence-electron chi connectivity index (χ2n) is 4.99. The predicted molar refractivity (Wildman–Crippen MR) is 70.9 cm³/mol. The van der Waals surface area contributed by atoms with Crippen molar-refractivity contribution in [2.24, 2.45) is 10.6 Å². The summed E-state index contributed by atoms with van der Waals surface area (Å²) in [5.41, 5.74) is 2.01. The molecule has 96 valence electrons. The van der Waals surface area contributed by atoms with Crippen molar-refractivity contribution >= 4 is 11.7 Å². The molecule has 0 fully saturated rings. The van der Waals surface area contributed by atoms with Crippen LogP contribution in [0, 0.1) is 17.2 Å². The summed E-state index contributed by atoms with van der Waals surface area (Å²) in [6.45, 7) is 5.75. The molecule has 0 aliphatic heterocycles. The van der Waals surface area contributed by atoms with Gasteiger partial charge in [-0.3, -0.25) is 0 Å². The SMILES string of the molecule is Cc1c(CC(C)(C)/C=C/C(=O)O)cccc1N=O. The van der Waals surface area contributed by atoms with Crippen molar-refractivity contribution in [3.8, 4) is 0 Å². The molecule has 0 radical (unpaired) electrons. The minimum absolute atomic E-state index is 0.287. The number of allylic oxidation sites excluding steroid dienone is 1. The van der Waals surface area contributed by atoms with Gasteiger partial charge < -0.3 is 5.11 Å². The van der Waals surface area contributed by atoms with E-state index in [4.69, 9.17) is 5.11 Å². The Hall–Kier alpha value is -1.97. The van der Waals surface area contributed by atoms with Crippen molar-refractivity contribution < 1.29 is 9.90 Å². The molecule has 0 saturated heterocycles. The Labute approximate surface area is 106 Å². The van der Waals surface area contributed by atoms with Crippen molar-refractivity contribution in [1.29, 1.82) is 0 Å². The molecule has 4 nitrogen and oxygen atoms in total. The first-order valence-electron chi connectivity index (χ1n) is 5.70. The molecule has 1 aromatic carbocycles. The minimum Gasteiger partial charge on any atom is -0.478 e. The quantitative estimate of drug-likeness (QED) is 0.638. The van der Waals surface area contributed by atoms with Crippen molar-refractivity contribution in [1.82, 2.24) is 0 Å². The number of hydrogen-bond donors (Lipinski definition) is 1. The zero-order valence-electron chi connectivity index (χ0n) is 10.8. The van der Waals surface area contributed by atoms with E-state index in [9.17, 15) is 9.70 Å². The summed E-state index contributed by atoms with van der Waals surface area (Å²) in [7, 11) is 0. The summed E-state index contributed by atoms with van der Waals surface area (Å²) >= 11 is 0. The zero-order valence-corrected chi connectivity index (χ0v) is 10.8. The molecule has 0 spiro atoms. The molecule has 18 heavy (non-hydrogen) atoms. The number of carboxylic acids is 1. The Morgan fingerprint density at radius 1 is 1.44 bits per heavy atom. The Morgan fingerprint density at radius 2 is 2.11 bits per heavy atom. The van der Waals surface area contributed by atoms with Crippen molar-refractivity contribution in [2.45, 2.75) is 27.2 Å². The van der Waals surface area contributed by atoms with Gasteiger partial charge >= 0.3 is 5.97 Å². The largest absolute Gasteiger partial charge is 0.478 e. The number of hydrogen-bond acceptors (Lipinski definition) is 3. The van der Waals surface area contributed by atoms with Gasteiger partial charge in [-0.15, -0.1) is 4.91 Å². The third-order valence-corrected chi connectivity index (χ3v) is 2.84. The lowest BCUT2D eigenvalue weighted by atomic mass is 9.84. The maximum absolute atomic E-state index is 10.6. The third-order valence-electron chi connectivity index (χ3n) is 2.84. The van der Waals surface area contributed by atoms with Crippen LogP contribution in [0.5, 0.6) is 0 Å². The highest BCUT2D eigenvalue weighted by atomic mass is 16.4. The lowest BCUT2D eigenvalue weighted by molar-refractivity contribution is -0.131. The highest BCUT2D eigenvalue weighted by Crippen LogP contribution is 2.29. The Bertz CT molecular complexity index is 490. The van der Waals surface area contributed by atoms with E-state index >= 15 is 0 Å². The molecule has 1 N–H and O–H groups in total. The summed E-state index contributed by atoms with van der Waals surface area (Å²) in [6, 6.07) is 5.39. The Kier molecular flexibility index (Phi) is 4.37. The summed E-state index contributed by atoms with van der Waals surface area (Å²) in [4.78, 5) is 21.1. The second kappa shape index (κ2) is 5.58. The predicted octanol–water partition coefficient (Wildman–Crippen LogP) is 3.60. The molecule has 0 atom stereocenters. The van der Waals surface area contributed by atoms with Crippen LogP contribution < -0.4 is 0 Å². The fraction of sp³-hybridized carbons (Fsp3) is 0.357. The van der Waals surface area contributed by atoms with Gasteiger partial charge in [0.15, 0.2) is 0 Å². The number of nitroso groups, excluding NO2 is 1. The molecule has 0 amide bonds. The topological polar surface area (TPSA) is 66.7 Å². The van der Waals surface area contributed by atoms with Gasteiger partial charge in [0.05, 0.1) is 0 Å². The van der Waals surface area contributed by atoms with E-state index < -0.39 is 5.97 Å². The van der Waals surface area contributed by atoms with Gasteiger partial charge in [0.1, 0.15) is 5.69 Å². The summed E-state index contributed by atoms with van der Waals surface area (Å²) in [5.74, 6) is -0.955. The van der Waals surface area contributed by atoms with Gasteiger partial charge in [-0.1, -0.05) is 32.1 Å². The molecule has 0 heterocycles. The fourth-order valence-corrected chi connectivity index (χ4v) is 1.81. The number of nitrogens with zero attached hydrogens (tertiary/aromatic N) is 1. The average Bonchev–Trinajstić information content (AvgIpc) is 2.29. The van der Waals surface area contributed by atoms with Gasteiger partial charge in [-0.25, -0.2) is 4.79 Å². The molecule has 0 saturated carbocycles. The lowest BCUT2D eigenvalue weighted by Crippen LogP contribution is -2.13. The van der Waals surface area contributed by atoms with Gasteiger partial charge in [0, 0.05) is 6.08 Å². The van der Waals surface area contributed by atoms with Crippen LogP contribution in [0.3, 0.4) is 0 Å². The number of benzene rings is 1. The maximum atomic E-state index is 10.6. The smallest absolute Gasteiger partial charge is 0.327 e. The monoisotopic (exact) mass is 247 g/mol. The van der Waals surface area contributed by atoms with Gasteiger partial charge in [-0.2, -0.15) is 0 Å². The number of carbonyl (C=O) groups is 1. The molecule has 1 aromatic rings. The maximum Gasteiger partial charge on any atom is 0.327 e. The van der Waals surface area contributed by atoms with Crippen LogP contribution in [0.15, 0.2) is 35.5 Å². The van der Waals surface area contributed by atoms with Gasteiger partial charge in [0.2, 0.25) is 0 Å². The zero-order chi connectivity index (χ0) is 13.8.